The van der Waals surface area contributed by atoms with E-state index in [-0.39, 0.29) is 23.6 Å². The number of rotatable bonds is 4. The zero-order valence-electron chi connectivity index (χ0n) is 16.8. The zero-order chi connectivity index (χ0) is 21.5. The molecular formula is C19H22N4O6. The third-order valence-corrected chi connectivity index (χ3v) is 4.95. The second kappa shape index (κ2) is 7.46. The molecule has 1 aliphatic rings. The summed E-state index contributed by atoms with van der Waals surface area (Å²) in [5.41, 5.74) is -0.633. The molecule has 1 atom stereocenters. The summed E-state index contributed by atoms with van der Waals surface area (Å²) >= 11 is 0. The Morgan fingerprint density at radius 1 is 1.17 bits per heavy atom. The smallest absolute Gasteiger partial charge is 0.333 e. The number of aromatic nitrogens is 2. The van der Waals surface area contributed by atoms with Crippen LogP contribution in [0.3, 0.4) is 0 Å². The second-order valence-electron chi connectivity index (χ2n) is 6.64. The molecule has 0 saturated heterocycles. The van der Waals surface area contributed by atoms with Gasteiger partial charge in [-0.05, 0) is 18.2 Å². The van der Waals surface area contributed by atoms with Crippen LogP contribution in [0.15, 0.2) is 32.9 Å². The van der Waals surface area contributed by atoms with Crippen molar-refractivity contribution in [3.63, 3.8) is 0 Å². The molecule has 10 heteroatoms. The van der Waals surface area contributed by atoms with E-state index in [2.05, 4.69) is 5.10 Å². The maximum Gasteiger partial charge on any atom is 0.333 e. The van der Waals surface area contributed by atoms with Crippen molar-refractivity contribution in [3.05, 3.63) is 50.2 Å². The highest BCUT2D eigenvalue weighted by Crippen LogP contribution is 2.39. The lowest BCUT2D eigenvalue weighted by Crippen LogP contribution is -2.39. The van der Waals surface area contributed by atoms with Gasteiger partial charge in [-0.25, -0.2) is 9.80 Å². The van der Waals surface area contributed by atoms with Crippen LogP contribution >= 0.6 is 0 Å². The average molecular weight is 402 g/mol. The maximum absolute atomic E-state index is 12.7. The number of hydrazone groups is 1. The van der Waals surface area contributed by atoms with E-state index in [1.807, 2.05) is 0 Å². The molecule has 29 heavy (non-hydrogen) atoms. The summed E-state index contributed by atoms with van der Waals surface area (Å²) in [6, 6.07) is 4.60. The summed E-state index contributed by atoms with van der Waals surface area (Å²) in [4.78, 5) is 36.9. The Morgan fingerprint density at radius 3 is 2.45 bits per heavy atom. The first-order valence-corrected chi connectivity index (χ1v) is 8.79. The highest BCUT2D eigenvalue weighted by atomic mass is 16.5. The molecule has 0 saturated carbocycles. The van der Waals surface area contributed by atoms with E-state index >= 15 is 0 Å². The molecule has 1 N–H and O–H groups in total. The normalized spacial score (nSPS) is 16.0. The number of hydrogen-bond donors (Lipinski definition) is 1. The van der Waals surface area contributed by atoms with Gasteiger partial charge < -0.3 is 14.6 Å². The number of benzene rings is 1. The van der Waals surface area contributed by atoms with Crippen LogP contribution in [-0.4, -0.2) is 45.1 Å². The van der Waals surface area contributed by atoms with Crippen molar-refractivity contribution in [1.82, 2.24) is 14.1 Å². The van der Waals surface area contributed by atoms with Gasteiger partial charge in [0.25, 0.3) is 5.56 Å². The molecule has 3 rings (SSSR count). The first-order chi connectivity index (χ1) is 13.7. The van der Waals surface area contributed by atoms with Gasteiger partial charge in [0.1, 0.15) is 17.1 Å². The molecule has 0 unspecified atom stereocenters. The van der Waals surface area contributed by atoms with Crippen LogP contribution < -0.4 is 20.7 Å². The standard InChI is InChI=1S/C19H22N4O6/c1-10(24)23-14(12-8-11(28-4)6-7-15(12)29-5)9-13(20-23)16-17(25)21(2)19(27)22(3)18(16)26/h6-8,14,25H,9H2,1-5H3/t14-/m0/s1. The molecule has 0 fully saturated rings. The summed E-state index contributed by atoms with van der Waals surface area (Å²) < 4.78 is 12.5. The number of ether oxygens (including phenoxy) is 2. The van der Waals surface area contributed by atoms with Gasteiger partial charge in [0, 0.05) is 33.0 Å². The lowest BCUT2D eigenvalue weighted by molar-refractivity contribution is -0.130. The van der Waals surface area contributed by atoms with Crippen molar-refractivity contribution in [2.24, 2.45) is 19.2 Å². The summed E-state index contributed by atoms with van der Waals surface area (Å²) in [5.74, 6) is 0.240. The van der Waals surface area contributed by atoms with Crippen LogP contribution in [0.2, 0.25) is 0 Å². The van der Waals surface area contributed by atoms with E-state index in [0.717, 1.165) is 9.13 Å². The highest BCUT2D eigenvalue weighted by molar-refractivity contribution is 6.04. The van der Waals surface area contributed by atoms with Crippen LogP contribution in [0.1, 0.15) is 30.5 Å². The van der Waals surface area contributed by atoms with Crippen LogP contribution in [0.25, 0.3) is 0 Å². The molecule has 2 heterocycles. The number of carbonyl (C=O) groups excluding carboxylic acids is 1. The van der Waals surface area contributed by atoms with Gasteiger partial charge in [-0.3, -0.25) is 18.7 Å². The molecule has 154 valence electrons. The Morgan fingerprint density at radius 2 is 1.86 bits per heavy atom. The Hall–Kier alpha value is -3.56. The first kappa shape index (κ1) is 20.2. The fourth-order valence-electron chi connectivity index (χ4n) is 3.38. The number of aromatic hydroxyl groups is 1. The Balaban J connectivity index is 2.17. The summed E-state index contributed by atoms with van der Waals surface area (Å²) in [7, 11) is 5.70. The molecule has 0 spiro atoms. The van der Waals surface area contributed by atoms with Crippen LogP contribution in [0.4, 0.5) is 0 Å². The monoisotopic (exact) mass is 402 g/mol. The van der Waals surface area contributed by atoms with E-state index in [1.165, 1.54) is 40.2 Å². The number of carbonyl (C=O) groups is 1. The lowest BCUT2D eigenvalue weighted by atomic mass is 9.98. The summed E-state index contributed by atoms with van der Waals surface area (Å²) in [6.07, 6.45) is 0.143. The molecule has 1 aliphatic heterocycles. The average Bonchev–Trinajstić information content (AvgIpc) is 3.15. The van der Waals surface area contributed by atoms with Gasteiger partial charge in [0.2, 0.25) is 11.8 Å². The van der Waals surface area contributed by atoms with Gasteiger partial charge in [0.05, 0.1) is 26.0 Å². The second-order valence-corrected chi connectivity index (χ2v) is 6.64. The fourth-order valence-corrected chi connectivity index (χ4v) is 3.38. The van der Waals surface area contributed by atoms with E-state index in [9.17, 15) is 19.5 Å². The molecule has 0 bridgehead atoms. The minimum atomic E-state index is -0.689. The third-order valence-electron chi connectivity index (χ3n) is 4.95. The van der Waals surface area contributed by atoms with Crippen molar-refractivity contribution >= 4 is 11.6 Å². The van der Waals surface area contributed by atoms with Crippen molar-refractivity contribution < 1.29 is 19.4 Å². The summed E-state index contributed by atoms with van der Waals surface area (Å²) in [5, 5.41) is 16.0. The SMILES string of the molecule is COc1ccc(OC)c([C@@H]2CC(c3c(O)n(C)c(=O)n(C)c3=O)=NN2C(C)=O)c1. The molecule has 1 aromatic carbocycles. The maximum atomic E-state index is 12.7. The van der Waals surface area contributed by atoms with E-state index in [1.54, 1.807) is 18.2 Å². The molecular weight excluding hydrogens is 380 g/mol. The van der Waals surface area contributed by atoms with Crippen molar-refractivity contribution in [2.45, 2.75) is 19.4 Å². The van der Waals surface area contributed by atoms with Crippen molar-refractivity contribution in [1.29, 1.82) is 0 Å². The molecule has 10 nitrogen and oxygen atoms in total. The minimum absolute atomic E-state index is 0.120. The lowest BCUT2D eigenvalue weighted by Gasteiger charge is -2.22. The van der Waals surface area contributed by atoms with Crippen molar-refractivity contribution in [2.75, 3.05) is 14.2 Å². The van der Waals surface area contributed by atoms with Gasteiger partial charge in [-0.1, -0.05) is 0 Å². The highest BCUT2D eigenvalue weighted by Gasteiger charge is 2.36. The van der Waals surface area contributed by atoms with E-state index < -0.39 is 23.2 Å². The van der Waals surface area contributed by atoms with Gasteiger partial charge in [-0.2, -0.15) is 5.10 Å². The summed E-state index contributed by atoms with van der Waals surface area (Å²) in [6.45, 7) is 1.35. The Labute approximate surface area is 166 Å². The molecule has 1 aromatic heterocycles. The van der Waals surface area contributed by atoms with Gasteiger partial charge in [-0.15, -0.1) is 0 Å². The van der Waals surface area contributed by atoms with E-state index in [4.69, 9.17) is 9.47 Å². The Bertz CT molecular complexity index is 1130. The number of hydrogen-bond acceptors (Lipinski definition) is 7. The Kier molecular flexibility index (Phi) is 5.19. The zero-order valence-corrected chi connectivity index (χ0v) is 16.8. The van der Waals surface area contributed by atoms with Crippen molar-refractivity contribution in [3.8, 4) is 17.4 Å². The number of methoxy groups -OCH3 is 2. The largest absolute Gasteiger partial charge is 0.497 e. The van der Waals surface area contributed by atoms with Crippen LogP contribution in [0.5, 0.6) is 17.4 Å². The predicted molar refractivity (Wildman–Crippen MR) is 105 cm³/mol. The van der Waals surface area contributed by atoms with Crippen LogP contribution in [-0.2, 0) is 18.9 Å². The molecule has 1 amide bonds. The number of amides is 1. The third kappa shape index (κ3) is 3.26. The fraction of sp³-hybridized carbons (Fsp3) is 0.368. The first-order valence-electron chi connectivity index (χ1n) is 8.79. The molecule has 0 aliphatic carbocycles. The van der Waals surface area contributed by atoms with Crippen LogP contribution in [0, 0.1) is 0 Å². The predicted octanol–water partition coefficient (Wildman–Crippen LogP) is 0.504. The molecule has 0 radical (unpaired) electrons. The molecule has 2 aromatic rings. The van der Waals surface area contributed by atoms with Gasteiger partial charge >= 0.3 is 5.69 Å². The number of nitrogens with zero attached hydrogens (tertiary/aromatic N) is 4. The van der Waals surface area contributed by atoms with Gasteiger partial charge in [0.15, 0.2) is 0 Å². The van der Waals surface area contributed by atoms with E-state index in [0.29, 0.717) is 17.1 Å². The topological polar surface area (TPSA) is 115 Å². The minimum Gasteiger partial charge on any atom is -0.497 e. The quantitative estimate of drug-likeness (QED) is 0.797.